The van der Waals surface area contributed by atoms with Gasteiger partial charge in [-0.3, -0.25) is 9.59 Å². The first-order chi connectivity index (χ1) is 9.99. The topological polar surface area (TPSA) is 90.0 Å². The average molecular weight is 299 g/mol. The van der Waals surface area contributed by atoms with Crippen LogP contribution in [0.5, 0.6) is 0 Å². The molecule has 0 radical (unpaired) electrons. The van der Waals surface area contributed by atoms with Crippen molar-refractivity contribution >= 4 is 17.9 Å². The maximum absolute atomic E-state index is 12.6. The van der Waals surface area contributed by atoms with Crippen molar-refractivity contribution in [1.82, 2.24) is 15.1 Å². The predicted octanol–water partition coefficient (Wildman–Crippen LogP) is 0.894. The highest BCUT2D eigenvalue weighted by molar-refractivity contribution is 5.85. The molecule has 0 spiro atoms. The number of aliphatic carboxylic acids is 1. The van der Waals surface area contributed by atoms with Crippen molar-refractivity contribution in [3.8, 4) is 0 Å². The molecule has 0 bridgehead atoms. The normalized spacial score (nSPS) is 14.8. The van der Waals surface area contributed by atoms with Crippen molar-refractivity contribution in [2.24, 2.45) is 0 Å². The SMILES string of the molecule is CCCN(CC(=O)NC)C(=O)N(CC(=O)O)C1CCCC1. The largest absolute Gasteiger partial charge is 0.480 e. The second-order valence-corrected chi connectivity index (χ2v) is 5.34. The minimum atomic E-state index is -1.02. The molecule has 1 fully saturated rings. The Morgan fingerprint density at radius 1 is 1.19 bits per heavy atom. The Hall–Kier alpha value is -1.79. The third-order valence-electron chi connectivity index (χ3n) is 3.69. The highest BCUT2D eigenvalue weighted by Crippen LogP contribution is 2.24. The van der Waals surface area contributed by atoms with Crippen LogP contribution < -0.4 is 5.32 Å². The fourth-order valence-electron chi connectivity index (χ4n) is 2.66. The highest BCUT2D eigenvalue weighted by Gasteiger charge is 2.31. The lowest BCUT2D eigenvalue weighted by Crippen LogP contribution is -2.51. The lowest BCUT2D eigenvalue weighted by Gasteiger charge is -2.33. The monoisotopic (exact) mass is 299 g/mol. The second kappa shape index (κ2) is 8.49. The van der Waals surface area contributed by atoms with Crippen LogP contribution in [-0.4, -0.2) is 65.5 Å². The number of hydrogen-bond donors (Lipinski definition) is 2. The number of nitrogens with one attached hydrogen (secondary N) is 1. The maximum atomic E-state index is 12.6. The molecule has 0 unspecified atom stereocenters. The molecule has 1 aliphatic rings. The van der Waals surface area contributed by atoms with Crippen LogP contribution >= 0.6 is 0 Å². The summed E-state index contributed by atoms with van der Waals surface area (Å²) in [4.78, 5) is 38.0. The summed E-state index contributed by atoms with van der Waals surface area (Å²) >= 11 is 0. The molecule has 0 aromatic heterocycles. The number of carbonyl (C=O) groups excluding carboxylic acids is 2. The summed E-state index contributed by atoms with van der Waals surface area (Å²) in [6, 6.07) is -0.382. The van der Waals surface area contributed by atoms with E-state index in [1.807, 2.05) is 6.92 Å². The van der Waals surface area contributed by atoms with Gasteiger partial charge in [0.25, 0.3) is 0 Å². The Balaban J connectivity index is 2.82. The van der Waals surface area contributed by atoms with E-state index in [0.29, 0.717) is 13.0 Å². The minimum absolute atomic E-state index is 0.0300. The number of likely N-dealkylation sites (N-methyl/N-ethyl adjacent to an activating group) is 1. The van der Waals surface area contributed by atoms with Crippen LogP contribution in [0.3, 0.4) is 0 Å². The summed E-state index contributed by atoms with van der Waals surface area (Å²) < 4.78 is 0. The van der Waals surface area contributed by atoms with Gasteiger partial charge in [-0.25, -0.2) is 4.79 Å². The van der Waals surface area contributed by atoms with E-state index in [4.69, 9.17) is 5.11 Å². The molecule has 120 valence electrons. The summed E-state index contributed by atoms with van der Waals surface area (Å²) in [5.41, 5.74) is 0. The molecule has 3 amide bonds. The van der Waals surface area contributed by atoms with Crippen molar-refractivity contribution in [3.05, 3.63) is 0 Å². The lowest BCUT2D eigenvalue weighted by molar-refractivity contribution is -0.138. The minimum Gasteiger partial charge on any atom is -0.480 e. The molecule has 0 atom stereocenters. The molecule has 1 saturated carbocycles. The van der Waals surface area contributed by atoms with Crippen LogP contribution in [0.25, 0.3) is 0 Å². The number of carboxylic acids is 1. The summed E-state index contributed by atoms with van der Waals surface area (Å²) in [7, 11) is 1.52. The van der Waals surface area contributed by atoms with E-state index in [0.717, 1.165) is 25.7 Å². The number of carbonyl (C=O) groups is 3. The molecular formula is C14H25N3O4. The van der Waals surface area contributed by atoms with Gasteiger partial charge in [0.2, 0.25) is 5.91 Å². The van der Waals surface area contributed by atoms with E-state index in [9.17, 15) is 14.4 Å². The van der Waals surface area contributed by atoms with Crippen LogP contribution in [0.1, 0.15) is 39.0 Å². The van der Waals surface area contributed by atoms with Gasteiger partial charge in [-0.05, 0) is 19.3 Å². The molecule has 2 N–H and O–H groups in total. The van der Waals surface area contributed by atoms with Gasteiger partial charge in [-0.1, -0.05) is 19.8 Å². The predicted molar refractivity (Wildman–Crippen MR) is 77.9 cm³/mol. The molecule has 0 aliphatic heterocycles. The number of rotatable bonds is 7. The van der Waals surface area contributed by atoms with Crippen LogP contribution in [-0.2, 0) is 9.59 Å². The second-order valence-electron chi connectivity index (χ2n) is 5.34. The average Bonchev–Trinajstić information content (AvgIpc) is 2.97. The van der Waals surface area contributed by atoms with Gasteiger partial charge in [-0.15, -0.1) is 0 Å². The highest BCUT2D eigenvalue weighted by atomic mass is 16.4. The van der Waals surface area contributed by atoms with Gasteiger partial charge in [0.1, 0.15) is 13.1 Å². The fourth-order valence-corrected chi connectivity index (χ4v) is 2.66. The van der Waals surface area contributed by atoms with E-state index in [1.54, 1.807) is 0 Å². The zero-order chi connectivity index (χ0) is 15.8. The van der Waals surface area contributed by atoms with Crippen molar-refractivity contribution in [1.29, 1.82) is 0 Å². The molecule has 1 rings (SSSR count). The van der Waals surface area contributed by atoms with Gasteiger partial charge < -0.3 is 20.2 Å². The van der Waals surface area contributed by atoms with Gasteiger partial charge in [-0.2, -0.15) is 0 Å². The molecular weight excluding hydrogens is 274 g/mol. The van der Waals surface area contributed by atoms with E-state index >= 15 is 0 Å². The number of hydrogen-bond acceptors (Lipinski definition) is 3. The number of amides is 3. The first-order valence-electron chi connectivity index (χ1n) is 7.47. The van der Waals surface area contributed by atoms with Crippen molar-refractivity contribution in [3.63, 3.8) is 0 Å². The summed E-state index contributed by atoms with van der Waals surface area (Å²) in [6.45, 7) is 2.01. The van der Waals surface area contributed by atoms with Crippen LogP contribution in [0.15, 0.2) is 0 Å². The van der Waals surface area contributed by atoms with Gasteiger partial charge in [0.15, 0.2) is 0 Å². The third kappa shape index (κ3) is 5.24. The first kappa shape index (κ1) is 17.3. The number of nitrogens with zero attached hydrogens (tertiary/aromatic N) is 2. The van der Waals surface area contributed by atoms with E-state index in [-0.39, 0.29) is 31.1 Å². The smallest absolute Gasteiger partial charge is 0.323 e. The molecule has 21 heavy (non-hydrogen) atoms. The quantitative estimate of drug-likeness (QED) is 0.730. The molecule has 0 aromatic rings. The lowest BCUT2D eigenvalue weighted by atomic mass is 10.2. The maximum Gasteiger partial charge on any atom is 0.323 e. The van der Waals surface area contributed by atoms with Crippen molar-refractivity contribution in [2.75, 3.05) is 26.7 Å². The van der Waals surface area contributed by atoms with Crippen LogP contribution in [0, 0.1) is 0 Å². The Labute approximate surface area is 125 Å². The van der Waals surface area contributed by atoms with Gasteiger partial charge in [0.05, 0.1) is 0 Å². The molecule has 0 saturated heterocycles. The van der Waals surface area contributed by atoms with Crippen LogP contribution in [0.4, 0.5) is 4.79 Å². The number of carboxylic acid groups (broad SMARTS) is 1. The summed E-state index contributed by atoms with van der Waals surface area (Å²) in [6.07, 6.45) is 4.40. The van der Waals surface area contributed by atoms with Crippen molar-refractivity contribution < 1.29 is 19.5 Å². The Morgan fingerprint density at radius 2 is 1.81 bits per heavy atom. The Bertz CT molecular complexity index is 380. The zero-order valence-corrected chi connectivity index (χ0v) is 12.8. The zero-order valence-electron chi connectivity index (χ0n) is 12.8. The van der Waals surface area contributed by atoms with Crippen molar-refractivity contribution in [2.45, 2.75) is 45.1 Å². The first-order valence-corrected chi connectivity index (χ1v) is 7.47. The van der Waals surface area contributed by atoms with E-state index in [1.165, 1.54) is 16.8 Å². The fraction of sp³-hybridized carbons (Fsp3) is 0.786. The summed E-state index contributed by atoms with van der Waals surface area (Å²) in [5, 5.41) is 11.5. The molecule has 7 nitrogen and oxygen atoms in total. The summed E-state index contributed by atoms with van der Waals surface area (Å²) in [5.74, 6) is -1.27. The third-order valence-corrected chi connectivity index (χ3v) is 3.69. The van der Waals surface area contributed by atoms with Gasteiger partial charge >= 0.3 is 12.0 Å². The Morgan fingerprint density at radius 3 is 2.29 bits per heavy atom. The van der Waals surface area contributed by atoms with Crippen LogP contribution in [0.2, 0.25) is 0 Å². The molecule has 1 aliphatic carbocycles. The molecule has 7 heteroatoms. The van der Waals surface area contributed by atoms with E-state index < -0.39 is 5.97 Å². The molecule has 0 aromatic carbocycles. The van der Waals surface area contributed by atoms with Gasteiger partial charge in [0, 0.05) is 19.6 Å². The Kier molecular flexibility index (Phi) is 6.98. The molecule has 0 heterocycles. The van der Waals surface area contributed by atoms with E-state index in [2.05, 4.69) is 5.32 Å². The standard InChI is InChI=1S/C14H25N3O4/c1-3-8-16(9-12(18)15-2)14(21)17(10-13(19)20)11-6-4-5-7-11/h11H,3-10H2,1-2H3,(H,15,18)(H,19,20). The number of urea groups is 1.